The molecular formula is C16H21NO3. The van der Waals surface area contributed by atoms with E-state index >= 15 is 0 Å². The van der Waals surface area contributed by atoms with Gasteiger partial charge in [-0.15, -0.1) is 0 Å². The fourth-order valence-corrected chi connectivity index (χ4v) is 2.45. The summed E-state index contributed by atoms with van der Waals surface area (Å²) in [6.07, 6.45) is 0.655. The number of ketones is 1. The normalized spacial score (nSPS) is 17.9. The molecule has 2 rings (SSSR count). The highest BCUT2D eigenvalue weighted by molar-refractivity contribution is 6.03. The number of hydrogen-bond donors (Lipinski definition) is 0. The summed E-state index contributed by atoms with van der Waals surface area (Å²) in [5, 5.41) is 0. The summed E-state index contributed by atoms with van der Waals surface area (Å²) in [5.41, 5.74) is 1.33. The lowest BCUT2D eigenvalue weighted by Gasteiger charge is -2.36. The van der Waals surface area contributed by atoms with E-state index in [0.717, 1.165) is 0 Å². The van der Waals surface area contributed by atoms with Crippen LogP contribution in [0.2, 0.25) is 0 Å². The Morgan fingerprint density at radius 3 is 2.60 bits per heavy atom. The van der Waals surface area contributed by atoms with Crippen molar-refractivity contribution in [1.82, 2.24) is 0 Å². The van der Waals surface area contributed by atoms with E-state index in [1.54, 1.807) is 23.1 Å². The molecule has 1 atom stereocenters. The first-order valence-electron chi connectivity index (χ1n) is 7.16. The van der Waals surface area contributed by atoms with Gasteiger partial charge in [-0.3, -0.25) is 9.59 Å². The number of nitrogens with zero attached hydrogens (tertiary/aromatic N) is 1. The maximum Gasteiger partial charge on any atom is 0.268 e. The molecule has 1 aliphatic rings. The Morgan fingerprint density at radius 2 is 2.05 bits per heavy atom. The van der Waals surface area contributed by atoms with Gasteiger partial charge < -0.3 is 9.64 Å². The molecule has 0 fully saturated rings. The number of carbonyl (C=O) groups is 2. The van der Waals surface area contributed by atoms with E-state index in [1.165, 1.54) is 0 Å². The van der Waals surface area contributed by atoms with Crippen LogP contribution in [-0.4, -0.2) is 23.8 Å². The zero-order chi connectivity index (χ0) is 14.9. The predicted molar refractivity (Wildman–Crippen MR) is 78.4 cm³/mol. The number of Topliss-reactive ketones (excluding diaryl/α,β-unsaturated/α-hetero) is 1. The van der Waals surface area contributed by atoms with Crippen LogP contribution in [0.3, 0.4) is 0 Å². The van der Waals surface area contributed by atoms with Gasteiger partial charge >= 0.3 is 0 Å². The molecule has 0 aromatic heterocycles. The Kier molecular flexibility index (Phi) is 4.12. The Morgan fingerprint density at radius 1 is 1.35 bits per heavy atom. The highest BCUT2D eigenvalue weighted by atomic mass is 16.5. The first-order chi connectivity index (χ1) is 9.49. The monoisotopic (exact) mass is 275 g/mol. The summed E-state index contributed by atoms with van der Waals surface area (Å²) in [5.74, 6) is 0.718. The predicted octanol–water partition coefficient (Wildman–Crippen LogP) is 3.19. The van der Waals surface area contributed by atoms with E-state index in [4.69, 9.17) is 4.74 Å². The fraction of sp³-hybridized carbons (Fsp3) is 0.500. The zero-order valence-corrected chi connectivity index (χ0v) is 12.5. The molecule has 1 heterocycles. The molecule has 0 spiro atoms. The van der Waals surface area contributed by atoms with Gasteiger partial charge in [0.2, 0.25) is 0 Å². The molecule has 1 amide bonds. The van der Waals surface area contributed by atoms with Crippen LogP contribution in [0.5, 0.6) is 5.75 Å². The Balaban J connectivity index is 2.50. The fourth-order valence-electron chi connectivity index (χ4n) is 2.45. The smallest absolute Gasteiger partial charge is 0.268 e. The summed E-state index contributed by atoms with van der Waals surface area (Å²) in [6, 6.07) is 5.37. The van der Waals surface area contributed by atoms with Crippen molar-refractivity contribution in [3.05, 3.63) is 23.8 Å². The molecule has 0 saturated carbocycles. The van der Waals surface area contributed by atoms with Gasteiger partial charge in [-0.05, 0) is 38.5 Å². The Hall–Kier alpha value is -1.84. The lowest BCUT2D eigenvalue weighted by molar-refractivity contribution is -0.126. The summed E-state index contributed by atoms with van der Waals surface area (Å²) < 4.78 is 5.74. The molecule has 0 radical (unpaired) electrons. The lowest BCUT2D eigenvalue weighted by atomic mass is 10.0. The highest BCUT2D eigenvalue weighted by Crippen LogP contribution is 2.37. The maximum atomic E-state index is 12.4. The first kappa shape index (κ1) is 14.6. The van der Waals surface area contributed by atoms with Crippen LogP contribution in [0, 0.1) is 0 Å². The largest absolute Gasteiger partial charge is 0.478 e. The molecule has 20 heavy (non-hydrogen) atoms. The molecule has 4 nitrogen and oxygen atoms in total. The number of rotatable bonds is 4. The van der Waals surface area contributed by atoms with Gasteiger partial charge in [-0.25, -0.2) is 0 Å². The van der Waals surface area contributed by atoms with Crippen molar-refractivity contribution in [3.8, 4) is 5.75 Å². The molecule has 0 saturated heterocycles. The van der Waals surface area contributed by atoms with Crippen molar-refractivity contribution in [2.45, 2.75) is 52.7 Å². The van der Waals surface area contributed by atoms with Gasteiger partial charge in [0.25, 0.3) is 5.91 Å². The minimum atomic E-state index is -0.433. The maximum absolute atomic E-state index is 12.4. The topological polar surface area (TPSA) is 46.6 Å². The van der Waals surface area contributed by atoms with Gasteiger partial charge in [-0.1, -0.05) is 13.8 Å². The second-order valence-corrected chi connectivity index (χ2v) is 5.28. The summed E-state index contributed by atoms with van der Waals surface area (Å²) >= 11 is 0. The van der Waals surface area contributed by atoms with E-state index in [-0.39, 0.29) is 17.7 Å². The summed E-state index contributed by atoms with van der Waals surface area (Å²) in [7, 11) is 0. The molecule has 4 heteroatoms. The minimum absolute atomic E-state index is 0.0314. The lowest BCUT2D eigenvalue weighted by Crippen LogP contribution is -2.48. The average molecular weight is 275 g/mol. The summed E-state index contributed by atoms with van der Waals surface area (Å²) in [6.45, 7) is 7.69. The highest BCUT2D eigenvalue weighted by Gasteiger charge is 2.35. The van der Waals surface area contributed by atoms with Crippen molar-refractivity contribution < 1.29 is 14.3 Å². The molecule has 1 aromatic rings. The Labute approximate surface area is 119 Å². The van der Waals surface area contributed by atoms with Gasteiger partial charge in [0, 0.05) is 18.0 Å². The van der Waals surface area contributed by atoms with E-state index < -0.39 is 6.10 Å². The number of anilines is 1. The van der Waals surface area contributed by atoms with Gasteiger partial charge in [0.1, 0.15) is 5.75 Å². The zero-order valence-electron chi connectivity index (χ0n) is 12.5. The van der Waals surface area contributed by atoms with Crippen molar-refractivity contribution in [2.75, 3.05) is 4.90 Å². The number of carbonyl (C=O) groups excluding carboxylic acids is 2. The SMILES string of the molecule is CCC(=O)c1ccc2c(c1)N(C(C)C)C(=O)C(CC)O2. The van der Waals surface area contributed by atoms with Crippen molar-refractivity contribution in [2.24, 2.45) is 0 Å². The molecular weight excluding hydrogens is 254 g/mol. The number of ether oxygens (including phenoxy) is 1. The number of amides is 1. The molecule has 1 unspecified atom stereocenters. The van der Waals surface area contributed by atoms with Gasteiger partial charge in [-0.2, -0.15) is 0 Å². The van der Waals surface area contributed by atoms with E-state index in [9.17, 15) is 9.59 Å². The number of fused-ring (bicyclic) bond motifs is 1. The minimum Gasteiger partial charge on any atom is -0.478 e. The molecule has 1 aliphatic heterocycles. The molecule has 1 aromatic carbocycles. The van der Waals surface area contributed by atoms with Gasteiger partial charge in [0.05, 0.1) is 5.69 Å². The van der Waals surface area contributed by atoms with E-state index in [2.05, 4.69) is 0 Å². The van der Waals surface area contributed by atoms with E-state index in [0.29, 0.717) is 29.8 Å². The molecule has 108 valence electrons. The van der Waals surface area contributed by atoms with Crippen molar-refractivity contribution >= 4 is 17.4 Å². The van der Waals surface area contributed by atoms with E-state index in [1.807, 2.05) is 27.7 Å². The third-order valence-electron chi connectivity index (χ3n) is 3.53. The quantitative estimate of drug-likeness (QED) is 0.793. The van der Waals surface area contributed by atoms with Crippen LogP contribution >= 0.6 is 0 Å². The molecule has 0 N–H and O–H groups in total. The average Bonchev–Trinajstić information content (AvgIpc) is 2.44. The second kappa shape index (κ2) is 5.65. The van der Waals surface area contributed by atoms with Crippen LogP contribution in [0.1, 0.15) is 50.9 Å². The third-order valence-corrected chi connectivity index (χ3v) is 3.53. The standard InChI is InChI=1S/C16H21NO3/c1-5-13(18)11-7-8-15-12(9-11)17(10(3)4)16(19)14(6-2)20-15/h7-10,14H,5-6H2,1-4H3. The van der Waals surface area contributed by atoms with Crippen molar-refractivity contribution in [3.63, 3.8) is 0 Å². The Bertz CT molecular complexity index is 537. The number of benzene rings is 1. The molecule has 0 bridgehead atoms. The van der Waals surface area contributed by atoms with Crippen LogP contribution < -0.4 is 9.64 Å². The number of hydrogen-bond acceptors (Lipinski definition) is 3. The van der Waals surface area contributed by atoms with Crippen LogP contribution in [0.15, 0.2) is 18.2 Å². The van der Waals surface area contributed by atoms with Crippen LogP contribution in [0.4, 0.5) is 5.69 Å². The second-order valence-electron chi connectivity index (χ2n) is 5.28. The summed E-state index contributed by atoms with van der Waals surface area (Å²) in [4.78, 5) is 26.0. The third kappa shape index (κ3) is 2.42. The van der Waals surface area contributed by atoms with Crippen LogP contribution in [0.25, 0.3) is 0 Å². The van der Waals surface area contributed by atoms with Gasteiger partial charge in [0.15, 0.2) is 11.9 Å². The van der Waals surface area contributed by atoms with Crippen LogP contribution in [-0.2, 0) is 4.79 Å². The van der Waals surface area contributed by atoms with Crippen molar-refractivity contribution in [1.29, 1.82) is 0 Å². The first-order valence-corrected chi connectivity index (χ1v) is 7.16. The molecule has 0 aliphatic carbocycles.